The van der Waals surface area contributed by atoms with Crippen molar-refractivity contribution >= 4 is 35.2 Å². The van der Waals surface area contributed by atoms with E-state index < -0.39 is 5.91 Å². The first-order valence-electron chi connectivity index (χ1n) is 11.2. The third kappa shape index (κ3) is 4.78. The molecule has 0 atom stereocenters. The van der Waals surface area contributed by atoms with Gasteiger partial charge >= 0.3 is 0 Å². The van der Waals surface area contributed by atoms with Crippen LogP contribution in [-0.2, 0) is 18.4 Å². The molecule has 3 aromatic heterocycles. The molecule has 0 bridgehead atoms. The summed E-state index contributed by atoms with van der Waals surface area (Å²) in [5.74, 6) is -0.626. The molecule has 0 fully saturated rings. The number of nitrogens with one attached hydrogen (secondary N) is 3. The molecule has 3 N–H and O–H groups in total. The van der Waals surface area contributed by atoms with Crippen LogP contribution in [0.2, 0.25) is 0 Å². The summed E-state index contributed by atoms with van der Waals surface area (Å²) < 4.78 is 3.26. The fourth-order valence-corrected chi connectivity index (χ4v) is 3.96. The first-order valence-corrected chi connectivity index (χ1v) is 11.2. The van der Waals surface area contributed by atoms with E-state index in [0.717, 1.165) is 28.2 Å². The quantitative estimate of drug-likeness (QED) is 0.349. The zero-order valence-corrected chi connectivity index (χ0v) is 19.4. The second kappa shape index (κ2) is 9.71. The molecule has 0 saturated heterocycles. The van der Waals surface area contributed by atoms with E-state index in [2.05, 4.69) is 25.6 Å². The van der Waals surface area contributed by atoms with Crippen LogP contribution in [0.3, 0.4) is 0 Å². The Morgan fingerprint density at radius 3 is 2.89 bits per heavy atom. The summed E-state index contributed by atoms with van der Waals surface area (Å²) in [4.78, 5) is 48.9. The number of aromatic nitrogens is 5. The molecule has 0 unspecified atom stereocenters. The van der Waals surface area contributed by atoms with Gasteiger partial charge in [-0.3, -0.25) is 14.4 Å². The van der Waals surface area contributed by atoms with Gasteiger partial charge in [0, 0.05) is 37.2 Å². The summed E-state index contributed by atoms with van der Waals surface area (Å²) >= 11 is 0. The topological polar surface area (TPSA) is 127 Å². The van der Waals surface area contributed by atoms with Gasteiger partial charge in [-0.2, -0.15) is 0 Å². The summed E-state index contributed by atoms with van der Waals surface area (Å²) in [6, 6.07) is 8.82. The fourth-order valence-electron chi connectivity index (χ4n) is 3.96. The molecule has 36 heavy (non-hydrogen) atoms. The van der Waals surface area contributed by atoms with Crippen LogP contribution in [0.1, 0.15) is 32.9 Å². The number of fused-ring (bicyclic) bond motifs is 1. The van der Waals surface area contributed by atoms with E-state index in [9.17, 15) is 14.4 Å². The van der Waals surface area contributed by atoms with Crippen LogP contribution >= 0.6 is 0 Å². The standard InChI is InChI=1S/C26H23N7O3/c1-32-13-19(30-16-32)14-33-9-3-5-21(26(33)36)24(34)28-8-2-4-17-6-7-20-22(11-18-12-27-15-29-18)25(35)31-23(20)10-17/h2-7,9-13,15-16H,8,14H2,1H3,(H,27,29)(H,28,34)(H,31,35)/b4-2+,22-11-. The van der Waals surface area contributed by atoms with E-state index in [0.29, 0.717) is 5.57 Å². The van der Waals surface area contributed by atoms with Gasteiger partial charge in [-0.15, -0.1) is 0 Å². The van der Waals surface area contributed by atoms with Crippen molar-refractivity contribution in [3.63, 3.8) is 0 Å². The number of aryl methyl sites for hydroxylation is 1. The number of rotatable bonds is 7. The largest absolute Gasteiger partial charge is 0.348 e. The number of amides is 2. The highest BCUT2D eigenvalue weighted by Crippen LogP contribution is 2.33. The van der Waals surface area contributed by atoms with Gasteiger partial charge in [-0.1, -0.05) is 24.3 Å². The SMILES string of the molecule is Cn1cnc(Cn2cccc(C(=O)NC/C=C/c3ccc4c(c3)NC(=O)/C4=C\c3cnc[nH]3)c2=O)c1. The Hall–Kier alpha value is -4.99. The minimum absolute atomic E-state index is 0.0682. The summed E-state index contributed by atoms with van der Waals surface area (Å²) in [5.41, 5.74) is 4.12. The molecule has 1 aliphatic heterocycles. The summed E-state index contributed by atoms with van der Waals surface area (Å²) in [6.45, 7) is 0.524. The van der Waals surface area contributed by atoms with Gasteiger partial charge in [-0.25, -0.2) is 9.97 Å². The highest BCUT2D eigenvalue weighted by molar-refractivity contribution is 6.34. The molecule has 4 heterocycles. The van der Waals surface area contributed by atoms with Crippen molar-refractivity contribution in [3.05, 3.63) is 106 Å². The van der Waals surface area contributed by atoms with Crippen LogP contribution in [0.15, 0.2) is 72.4 Å². The van der Waals surface area contributed by atoms with Crippen LogP contribution in [-0.4, -0.2) is 42.4 Å². The Labute approximate surface area is 206 Å². The fraction of sp³-hybridized carbons (Fsp3) is 0.115. The van der Waals surface area contributed by atoms with E-state index in [1.54, 1.807) is 47.8 Å². The molecule has 0 aliphatic carbocycles. The Bertz CT molecular complexity index is 1560. The molecule has 0 saturated carbocycles. The average molecular weight is 482 g/mol. The van der Waals surface area contributed by atoms with Gasteiger partial charge in [0.1, 0.15) is 5.56 Å². The lowest BCUT2D eigenvalue weighted by Gasteiger charge is -2.07. The van der Waals surface area contributed by atoms with Crippen LogP contribution < -0.4 is 16.2 Å². The van der Waals surface area contributed by atoms with Crippen LogP contribution in [0.5, 0.6) is 0 Å². The van der Waals surface area contributed by atoms with Crippen LogP contribution in [0.4, 0.5) is 5.69 Å². The van der Waals surface area contributed by atoms with Crippen molar-refractivity contribution in [3.8, 4) is 0 Å². The predicted octanol–water partition coefficient (Wildman–Crippen LogP) is 2.29. The molecule has 180 valence electrons. The van der Waals surface area contributed by atoms with Gasteiger partial charge in [0.2, 0.25) is 0 Å². The molecule has 0 spiro atoms. The summed E-state index contributed by atoms with van der Waals surface area (Å²) in [7, 11) is 1.85. The number of nitrogens with zero attached hydrogens (tertiary/aromatic N) is 4. The average Bonchev–Trinajstić information content (AvgIpc) is 3.59. The van der Waals surface area contributed by atoms with Gasteiger partial charge in [0.15, 0.2) is 0 Å². The highest BCUT2D eigenvalue weighted by atomic mass is 16.2. The number of benzene rings is 1. The number of aromatic amines is 1. The molecule has 1 aliphatic rings. The van der Waals surface area contributed by atoms with E-state index in [-0.39, 0.29) is 30.1 Å². The molecule has 10 heteroatoms. The van der Waals surface area contributed by atoms with Crippen molar-refractivity contribution < 1.29 is 9.59 Å². The molecule has 10 nitrogen and oxygen atoms in total. The van der Waals surface area contributed by atoms with E-state index in [4.69, 9.17) is 0 Å². The smallest absolute Gasteiger partial charge is 0.263 e. The number of carbonyl (C=O) groups is 2. The van der Waals surface area contributed by atoms with Crippen molar-refractivity contribution in [1.29, 1.82) is 0 Å². The van der Waals surface area contributed by atoms with Crippen LogP contribution in [0, 0.1) is 0 Å². The third-order valence-electron chi connectivity index (χ3n) is 5.69. The maximum Gasteiger partial charge on any atom is 0.263 e. The molecule has 4 aromatic rings. The lowest BCUT2D eigenvalue weighted by Crippen LogP contribution is -2.33. The zero-order valence-electron chi connectivity index (χ0n) is 19.4. The number of imidazole rings is 2. The van der Waals surface area contributed by atoms with E-state index in [1.807, 2.05) is 37.5 Å². The highest BCUT2D eigenvalue weighted by Gasteiger charge is 2.24. The Morgan fingerprint density at radius 2 is 2.11 bits per heavy atom. The van der Waals surface area contributed by atoms with E-state index >= 15 is 0 Å². The maximum atomic E-state index is 12.7. The minimum atomic E-state index is -0.449. The second-order valence-corrected chi connectivity index (χ2v) is 8.32. The van der Waals surface area contributed by atoms with Gasteiger partial charge in [-0.05, 0) is 29.8 Å². The summed E-state index contributed by atoms with van der Waals surface area (Å²) in [6.07, 6.45) is 13.7. The number of pyridine rings is 1. The number of hydrogen-bond acceptors (Lipinski definition) is 5. The molecular formula is C26H23N7O3. The number of carbonyl (C=O) groups excluding carboxylic acids is 2. The van der Waals surface area contributed by atoms with Crippen molar-refractivity contribution in [1.82, 2.24) is 29.4 Å². The molecular weight excluding hydrogens is 458 g/mol. The van der Waals surface area contributed by atoms with Gasteiger partial charge < -0.3 is 24.8 Å². The lowest BCUT2D eigenvalue weighted by atomic mass is 10.0. The normalized spacial score (nSPS) is 13.8. The first kappa shape index (κ1) is 22.8. The number of hydrogen-bond donors (Lipinski definition) is 3. The molecule has 0 radical (unpaired) electrons. The predicted molar refractivity (Wildman–Crippen MR) is 136 cm³/mol. The third-order valence-corrected chi connectivity index (χ3v) is 5.69. The summed E-state index contributed by atoms with van der Waals surface area (Å²) in [5, 5.41) is 5.62. The van der Waals surface area contributed by atoms with Crippen LogP contribution in [0.25, 0.3) is 17.7 Å². The maximum absolute atomic E-state index is 12.7. The Balaban J connectivity index is 1.22. The Kier molecular flexibility index (Phi) is 6.14. The minimum Gasteiger partial charge on any atom is -0.348 e. The van der Waals surface area contributed by atoms with E-state index in [1.165, 1.54) is 10.6 Å². The van der Waals surface area contributed by atoms with Gasteiger partial charge in [0.25, 0.3) is 17.4 Å². The lowest BCUT2D eigenvalue weighted by molar-refractivity contribution is -0.110. The molecule has 5 rings (SSSR count). The monoisotopic (exact) mass is 481 g/mol. The number of H-pyrrole nitrogens is 1. The zero-order chi connectivity index (χ0) is 25.1. The number of anilines is 1. The van der Waals surface area contributed by atoms with Crippen molar-refractivity contribution in [2.75, 3.05) is 11.9 Å². The first-order chi connectivity index (χ1) is 17.5. The van der Waals surface area contributed by atoms with Crippen molar-refractivity contribution in [2.24, 2.45) is 7.05 Å². The van der Waals surface area contributed by atoms with Gasteiger partial charge in [0.05, 0.1) is 42.4 Å². The molecule has 2 amide bonds. The molecule has 1 aromatic carbocycles. The Morgan fingerprint density at radius 1 is 1.22 bits per heavy atom. The second-order valence-electron chi connectivity index (χ2n) is 8.32. The van der Waals surface area contributed by atoms with Crippen molar-refractivity contribution in [2.45, 2.75) is 6.54 Å².